The molecule has 2 aliphatic heterocycles. The number of carbonyl (C=O) groups excluding carboxylic acids is 2. The summed E-state index contributed by atoms with van der Waals surface area (Å²) >= 11 is 0. The van der Waals surface area contributed by atoms with E-state index in [-0.39, 0.29) is 17.2 Å². The first-order chi connectivity index (χ1) is 13.7. The van der Waals surface area contributed by atoms with Crippen LogP contribution in [0.4, 0.5) is 0 Å². The van der Waals surface area contributed by atoms with Crippen molar-refractivity contribution in [1.82, 2.24) is 9.80 Å². The molecule has 2 aliphatic rings. The number of hydrogen-bond acceptors (Lipinski definition) is 2. The van der Waals surface area contributed by atoms with Gasteiger partial charge in [0, 0.05) is 43.6 Å². The van der Waals surface area contributed by atoms with Crippen LogP contribution in [-0.2, 0) is 11.2 Å². The SMILES string of the molecule is O=C1CC2(CCN(C(=O)c3ccccc3)CC2)CN1CCCc1ccccc1. The molecular weight excluding hydrogens is 348 g/mol. The molecule has 0 bridgehead atoms. The number of aryl methyl sites for hydroxylation is 1. The summed E-state index contributed by atoms with van der Waals surface area (Å²) in [4.78, 5) is 29.2. The van der Waals surface area contributed by atoms with Crippen molar-refractivity contribution in [3.63, 3.8) is 0 Å². The van der Waals surface area contributed by atoms with Crippen LogP contribution in [0.5, 0.6) is 0 Å². The molecule has 2 amide bonds. The third-order valence-electron chi connectivity index (χ3n) is 6.27. The van der Waals surface area contributed by atoms with Gasteiger partial charge in [-0.15, -0.1) is 0 Å². The van der Waals surface area contributed by atoms with Crippen molar-refractivity contribution in [2.45, 2.75) is 32.1 Å². The maximum Gasteiger partial charge on any atom is 0.253 e. The van der Waals surface area contributed by atoms with Gasteiger partial charge in [0.25, 0.3) is 5.91 Å². The molecule has 0 N–H and O–H groups in total. The summed E-state index contributed by atoms with van der Waals surface area (Å²) in [6.07, 6.45) is 4.51. The van der Waals surface area contributed by atoms with Crippen LogP contribution in [0.1, 0.15) is 41.6 Å². The first kappa shape index (κ1) is 18.7. The molecule has 0 radical (unpaired) electrons. The van der Waals surface area contributed by atoms with Crippen molar-refractivity contribution in [1.29, 1.82) is 0 Å². The number of amides is 2. The molecule has 4 nitrogen and oxygen atoms in total. The van der Waals surface area contributed by atoms with Crippen molar-refractivity contribution in [3.05, 3.63) is 71.8 Å². The number of likely N-dealkylation sites (tertiary alicyclic amines) is 2. The first-order valence-corrected chi connectivity index (χ1v) is 10.3. The van der Waals surface area contributed by atoms with Crippen LogP contribution in [0.15, 0.2) is 60.7 Å². The minimum absolute atomic E-state index is 0.0668. The average Bonchev–Trinajstić information content (AvgIpc) is 3.04. The number of rotatable bonds is 5. The van der Waals surface area contributed by atoms with Gasteiger partial charge in [-0.1, -0.05) is 48.5 Å². The zero-order valence-electron chi connectivity index (χ0n) is 16.3. The normalized spacial score (nSPS) is 18.6. The van der Waals surface area contributed by atoms with E-state index in [1.807, 2.05) is 41.3 Å². The van der Waals surface area contributed by atoms with E-state index in [0.717, 1.165) is 57.4 Å². The topological polar surface area (TPSA) is 40.6 Å². The standard InChI is InChI=1S/C24H28N2O2/c27-22-18-24(19-26(22)15-7-10-20-8-3-1-4-9-20)13-16-25(17-14-24)23(28)21-11-5-2-6-12-21/h1-6,8-9,11-12H,7,10,13-19H2. The second-order valence-electron chi connectivity index (χ2n) is 8.24. The summed E-state index contributed by atoms with van der Waals surface area (Å²) in [6.45, 7) is 3.19. The molecule has 2 fully saturated rings. The Hall–Kier alpha value is -2.62. The number of carbonyl (C=O) groups is 2. The van der Waals surface area contributed by atoms with Crippen molar-refractivity contribution in [3.8, 4) is 0 Å². The van der Waals surface area contributed by atoms with Gasteiger partial charge in [-0.3, -0.25) is 9.59 Å². The molecule has 2 saturated heterocycles. The summed E-state index contributed by atoms with van der Waals surface area (Å²) in [5.74, 6) is 0.399. The number of hydrogen-bond donors (Lipinski definition) is 0. The number of piperidine rings is 1. The summed E-state index contributed by atoms with van der Waals surface area (Å²) in [5.41, 5.74) is 2.15. The third kappa shape index (κ3) is 4.11. The van der Waals surface area contributed by atoms with E-state index in [2.05, 4.69) is 29.2 Å². The van der Waals surface area contributed by atoms with E-state index in [1.165, 1.54) is 5.56 Å². The van der Waals surface area contributed by atoms with Crippen LogP contribution in [-0.4, -0.2) is 47.8 Å². The quantitative estimate of drug-likeness (QED) is 0.797. The number of nitrogens with zero attached hydrogens (tertiary/aromatic N) is 2. The van der Waals surface area contributed by atoms with Gasteiger partial charge in [-0.25, -0.2) is 0 Å². The second kappa shape index (κ2) is 8.17. The fourth-order valence-electron chi connectivity index (χ4n) is 4.59. The predicted molar refractivity (Wildman–Crippen MR) is 110 cm³/mol. The Balaban J connectivity index is 1.28. The van der Waals surface area contributed by atoms with Crippen LogP contribution in [0.25, 0.3) is 0 Å². The van der Waals surface area contributed by atoms with Gasteiger partial charge in [-0.2, -0.15) is 0 Å². The molecular formula is C24H28N2O2. The molecule has 0 atom stereocenters. The van der Waals surface area contributed by atoms with E-state index >= 15 is 0 Å². The van der Waals surface area contributed by atoms with E-state index in [0.29, 0.717) is 6.42 Å². The van der Waals surface area contributed by atoms with Crippen molar-refractivity contribution >= 4 is 11.8 Å². The van der Waals surface area contributed by atoms with E-state index in [1.54, 1.807) is 0 Å². The summed E-state index contributed by atoms with van der Waals surface area (Å²) < 4.78 is 0. The largest absolute Gasteiger partial charge is 0.342 e. The van der Waals surface area contributed by atoms with E-state index in [4.69, 9.17) is 0 Å². The molecule has 2 aromatic carbocycles. The number of benzene rings is 2. The summed E-state index contributed by atoms with van der Waals surface area (Å²) in [5, 5.41) is 0. The summed E-state index contributed by atoms with van der Waals surface area (Å²) in [6, 6.07) is 19.9. The van der Waals surface area contributed by atoms with E-state index < -0.39 is 0 Å². The Morgan fingerprint density at radius 3 is 2.25 bits per heavy atom. The van der Waals surface area contributed by atoms with Crippen LogP contribution in [0.2, 0.25) is 0 Å². The van der Waals surface area contributed by atoms with Crippen molar-refractivity contribution < 1.29 is 9.59 Å². The highest BCUT2D eigenvalue weighted by atomic mass is 16.2. The molecule has 0 unspecified atom stereocenters. The van der Waals surface area contributed by atoms with Crippen molar-refractivity contribution in [2.24, 2.45) is 5.41 Å². The zero-order chi connectivity index (χ0) is 19.4. The maximum absolute atomic E-state index is 12.7. The molecule has 2 aromatic rings. The van der Waals surface area contributed by atoms with Gasteiger partial charge in [0.2, 0.25) is 5.91 Å². The zero-order valence-corrected chi connectivity index (χ0v) is 16.3. The molecule has 4 rings (SSSR count). The molecule has 4 heteroatoms. The van der Waals surface area contributed by atoms with Gasteiger partial charge < -0.3 is 9.80 Å². The Morgan fingerprint density at radius 1 is 0.929 bits per heavy atom. The second-order valence-corrected chi connectivity index (χ2v) is 8.24. The van der Waals surface area contributed by atoms with Crippen LogP contribution in [0.3, 0.4) is 0 Å². The highest BCUT2D eigenvalue weighted by Crippen LogP contribution is 2.41. The highest BCUT2D eigenvalue weighted by molar-refractivity contribution is 5.94. The maximum atomic E-state index is 12.7. The Bertz CT molecular complexity index is 811. The molecule has 1 spiro atoms. The summed E-state index contributed by atoms with van der Waals surface area (Å²) in [7, 11) is 0. The highest BCUT2D eigenvalue weighted by Gasteiger charge is 2.45. The lowest BCUT2D eigenvalue weighted by Crippen LogP contribution is -2.44. The smallest absolute Gasteiger partial charge is 0.253 e. The van der Waals surface area contributed by atoms with Gasteiger partial charge >= 0.3 is 0 Å². The minimum Gasteiger partial charge on any atom is -0.342 e. The molecule has 0 aromatic heterocycles. The van der Waals surface area contributed by atoms with Gasteiger partial charge in [0.15, 0.2) is 0 Å². The lowest BCUT2D eigenvalue weighted by Gasteiger charge is -2.38. The Kier molecular flexibility index (Phi) is 5.47. The van der Waals surface area contributed by atoms with Crippen molar-refractivity contribution in [2.75, 3.05) is 26.2 Å². The minimum atomic E-state index is 0.0668. The fraction of sp³-hybridized carbons (Fsp3) is 0.417. The first-order valence-electron chi connectivity index (χ1n) is 10.3. The van der Waals surface area contributed by atoms with E-state index in [9.17, 15) is 9.59 Å². The third-order valence-corrected chi connectivity index (χ3v) is 6.27. The van der Waals surface area contributed by atoms with Crippen LogP contribution in [0, 0.1) is 5.41 Å². The van der Waals surface area contributed by atoms with Crippen LogP contribution < -0.4 is 0 Å². The molecule has 0 aliphatic carbocycles. The Morgan fingerprint density at radius 2 is 1.57 bits per heavy atom. The lowest BCUT2D eigenvalue weighted by atomic mass is 9.77. The lowest BCUT2D eigenvalue weighted by molar-refractivity contribution is -0.127. The predicted octanol–water partition coefficient (Wildman–Crippen LogP) is 3.77. The van der Waals surface area contributed by atoms with Gasteiger partial charge in [0.1, 0.15) is 0 Å². The average molecular weight is 377 g/mol. The molecule has 0 saturated carbocycles. The molecule has 146 valence electrons. The van der Waals surface area contributed by atoms with Crippen LogP contribution >= 0.6 is 0 Å². The van der Waals surface area contributed by atoms with Gasteiger partial charge in [-0.05, 0) is 43.4 Å². The molecule has 2 heterocycles. The molecule has 28 heavy (non-hydrogen) atoms. The monoisotopic (exact) mass is 376 g/mol. The fourth-order valence-corrected chi connectivity index (χ4v) is 4.59. The Labute approximate surface area is 167 Å². The van der Waals surface area contributed by atoms with Gasteiger partial charge in [0.05, 0.1) is 0 Å².